The summed E-state index contributed by atoms with van der Waals surface area (Å²) in [7, 11) is 0. The van der Waals surface area contributed by atoms with Crippen molar-refractivity contribution in [3.63, 3.8) is 0 Å². The molecule has 0 fully saturated rings. The molecule has 0 amide bonds. The Morgan fingerprint density at radius 2 is 2.00 bits per heavy atom. The van der Waals surface area contributed by atoms with Gasteiger partial charge in [0.05, 0.1) is 6.61 Å². The van der Waals surface area contributed by atoms with Crippen molar-refractivity contribution in [1.29, 1.82) is 0 Å². The van der Waals surface area contributed by atoms with E-state index in [2.05, 4.69) is 19.2 Å². The maximum atomic E-state index is 5.58. The standard InChI is InChI=1S/C12H19NO/c1-3-13-11(2)9-10-14-12-7-5-4-6-8-12/h4-8,11,13H,3,9-10H2,1-2H3. The number of rotatable bonds is 6. The molecule has 0 aliphatic rings. The first-order valence-corrected chi connectivity index (χ1v) is 5.24. The molecule has 0 spiro atoms. The first-order chi connectivity index (χ1) is 6.83. The van der Waals surface area contributed by atoms with E-state index in [0.717, 1.165) is 25.3 Å². The van der Waals surface area contributed by atoms with Gasteiger partial charge in [0.1, 0.15) is 5.75 Å². The minimum atomic E-state index is 0.531. The number of ether oxygens (including phenoxy) is 1. The number of hydrogen-bond acceptors (Lipinski definition) is 2. The first-order valence-electron chi connectivity index (χ1n) is 5.24. The van der Waals surface area contributed by atoms with Crippen molar-refractivity contribution in [2.24, 2.45) is 0 Å². The highest BCUT2D eigenvalue weighted by atomic mass is 16.5. The third-order valence-corrected chi connectivity index (χ3v) is 2.12. The predicted molar refractivity (Wildman–Crippen MR) is 59.7 cm³/mol. The fraction of sp³-hybridized carbons (Fsp3) is 0.500. The molecule has 0 aliphatic heterocycles. The van der Waals surface area contributed by atoms with Crippen molar-refractivity contribution in [2.45, 2.75) is 26.3 Å². The summed E-state index contributed by atoms with van der Waals surface area (Å²) in [5.74, 6) is 0.955. The fourth-order valence-corrected chi connectivity index (χ4v) is 1.32. The van der Waals surface area contributed by atoms with Gasteiger partial charge in [-0.2, -0.15) is 0 Å². The lowest BCUT2D eigenvalue weighted by atomic mass is 10.2. The van der Waals surface area contributed by atoms with Gasteiger partial charge in [0, 0.05) is 6.04 Å². The van der Waals surface area contributed by atoms with Gasteiger partial charge in [-0.1, -0.05) is 25.1 Å². The van der Waals surface area contributed by atoms with E-state index < -0.39 is 0 Å². The summed E-state index contributed by atoms with van der Waals surface area (Å²) in [6.45, 7) is 6.09. The van der Waals surface area contributed by atoms with Gasteiger partial charge in [-0.05, 0) is 32.0 Å². The molecular formula is C12H19NO. The van der Waals surface area contributed by atoms with Crippen LogP contribution in [0.2, 0.25) is 0 Å². The van der Waals surface area contributed by atoms with Gasteiger partial charge in [0.2, 0.25) is 0 Å². The van der Waals surface area contributed by atoms with E-state index in [0.29, 0.717) is 6.04 Å². The highest BCUT2D eigenvalue weighted by molar-refractivity contribution is 5.20. The van der Waals surface area contributed by atoms with Crippen molar-refractivity contribution in [1.82, 2.24) is 5.32 Å². The summed E-state index contributed by atoms with van der Waals surface area (Å²) in [4.78, 5) is 0. The Morgan fingerprint density at radius 1 is 1.29 bits per heavy atom. The van der Waals surface area contributed by atoms with Crippen LogP contribution in [0.3, 0.4) is 0 Å². The number of benzene rings is 1. The minimum absolute atomic E-state index is 0.531. The molecule has 2 heteroatoms. The van der Waals surface area contributed by atoms with Gasteiger partial charge in [0.15, 0.2) is 0 Å². The molecule has 0 aromatic heterocycles. The molecule has 1 N–H and O–H groups in total. The van der Waals surface area contributed by atoms with E-state index in [-0.39, 0.29) is 0 Å². The second-order valence-electron chi connectivity index (χ2n) is 3.41. The van der Waals surface area contributed by atoms with Gasteiger partial charge in [-0.25, -0.2) is 0 Å². The smallest absolute Gasteiger partial charge is 0.119 e. The van der Waals surface area contributed by atoms with Crippen LogP contribution >= 0.6 is 0 Å². The molecule has 1 atom stereocenters. The maximum absolute atomic E-state index is 5.58. The molecule has 2 nitrogen and oxygen atoms in total. The van der Waals surface area contributed by atoms with Gasteiger partial charge in [-0.3, -0.25) is 0 Å². The second-order valence-corrected chi connectivity index (χ2v) is 3.41. The van der Waals surface area contributed by atoms with E-state index in [4.69, 9.17) is 4.74 Å². The Hall–Kier alpha value is -1.02. The SMILES string of the molecule is CCNC(C)CCOc1ccccc1. The van der Waals surface area contributed by atoms with Gasteiger partial charge in [0.25, 0.3) is 0 Å². The van der Waals surface area contributed by atoms with E-state index in [1.165, 1.54) is 0 Å². The lowest BCUT2D eigenvalue weighted by Crippen LogP contribution is -2.27. The third kappa shape index (κ3) is 4.28. The lowest BCUT2D eigenvalue weighted by Gasteiger charge is -2.12. The topological polar surface area (TPSA) is 21.3 Å². The zero-order valence-electron chi connectivity index (χ0n) is 8.99. The van der Waals surface area contributed by atoms with Gasteiger partial charge < -0.3 is 10.1 Å². The molecule has 0 heterocycles. The Bertz CT molecular complexity index is 235. The fourth-order valence-electron chi connectivity index (χ4n) is 1.32. The quantitative estimate of drug-likeness (QED) is 0.749. The third-order valence-electron chi connectivity index (χ3n) is 2.12. The largest absolute Gasteiger partial charge is 0.494 e. The molecule has 78 valence electrons. The van der Waals surface area contributed by atoms with Crippen molar-refractivity contribution in [3.05, 3.63) is 30.3 Å². The zero-order chi connectivity index (χ0) is 10.2. The number of nitrogens with one attached hydrogen (secondary N) is 1. The van der Waals surface area contributed by atoms with Crippen LogP contribution in [0.1, 0.15) is 20.3 Å². The van der Waals surface area contributed by atoms with Crippen LogP contribution in [-0.2, 0) is 0 Å². The molecule has 1 unspecified atom stereocenters. The van der Waals surface area contributed by atoms with Crippen LogP contribution in [0, 0.1) is 0 Å². The number of para-hydroxylation sites is 1. The van der Waals surface area contributed by atoms with E-state index in [1.807, 2.05) is 30.3 Å². The number of hydrogen-bond donors (Lipinski definition) is 1. The van der Waals surface area contributed by atoms with Crippen molar-refractivity contribution in [2.75, 3.05) is 13.2 Å². The molecule has 1 aromatic rings. The van der Waals surface area contributed by atoms with E-state index >= 15 is 0 Å². The average Bonchev–Trinajstić information content (AvgIpc) is 2.20. The normalized spacial score (nSPS) is 12.4. The van der Waals surface area contributed by atoms with Crippen LogP contribution < -0.4 is 10.1 Å². The lowest BCUT2D eigenvalue weighted by molar-refractivity contribution is 0.291. The monoisotopic (exact) mass is 193 g/mol. The summed E-state index contributed by atoms with van der Waals surface area (Å²) >= 11 is 0. The van der Waals surface area contributed by atoms with Crippen LogP contribution in [0.4, 0.5) is 0 Å². The van der Waals surface area contributed by atoms with Crippen LogP contribution in [0.5, 0.6) is 5.75 Å². The average molecular weight is 193 g/mol. The summed E-state index contributed by atoms with van der Waals surface area (Å²) in [5, 5.41) is 3.35. The Labute approximate surface area is 86.3 Å². The molecule has 14 heavy (non-hydrogen) atoms. The molecular weight excluding hydrogens is 174 g/mol. The molecule has 0 aliphatic carbocycles. The summed E-state index contributed by atoms with van der Waals surface area (Å²) in [5.41, 5.74) is 0. The summed E-state index contributed by atoms with van der Waals surface area (Å²) < 4.78 is 5.58. The predicted octanol–water partition coefficient (Wildman–Crippen LogP) is 2.45. The molecule has 0 saturated heterocycles. The highest BCUT2D eigenvalue weighted by Crippen LogP contribution is 2.08. The van der Waals surface area contributed by atoms with E-state index in [1.54, 1.807) is 0 Å². The second kappa shape index (κ2) is 6.44. The first kappa shape index (κ1) is 11.1. The Balaban J connectivity index is 2.16. The maximum Gasteiger partial charge on any atom is 0.119 e. The molecule has 0 saturated carbocycles. The van der Waals surface area contributed by atoms with Crippen LogP contribution in [0.15, 0.2) is 30.3 Å². The zero-order valence-corrected chi connectivity index (χ0v) is 8.99. The highest BCUT2D eigenvalue weighted by Gasteiger charge is 1.99. The molecule has 0 bridgehead atoms. The molecule has 1 rings (SSSR count). The van der Waals surface area contributed by atoms with Gasteiger partial charge >= 0.3 is 0 Å². The summed E-state index contributed by atoms with van der Waals surface area (Å²) in [6.07, 6.45) is 1.04. The minimum Gasteiger partial charge on any atom is -0.494 e. The van der Waals surface area contributed by atoms with Crippen molar-refractivity contribution >= 4 is 0 Å². The molecule has 0 radical (unpaired) electrons. The molecule has 1 aromatic carbocycles. The van der Waals surface area contributed by atoms with Crippen LogP contribution in [-0.4, -0.2) is 19.2 Å². The van der Waals surface area contributed by atoms with E-state index in [9.17, 15) is 0 Å². The van der Waals surface area contributed by atoms with Gasteiger partial charge in [-0.15, -0.1) is 0 Å². The Kier molecular flexibility index (Phi) is 5.08. The van der Waals surface area contributed by atoms with Crippen LogP contribution in [0.25, 0.3) is 0 Å². The summed E-state index contributed by atoms with van der Waals surface area (Å²) in [6, 6.07) is 10.5. The Morgan fingerprint density at radius 3 is 2.64 bits per heavy atom. The van der Waals surface area contributed by atoms with Crippen molar-refractivity contribution in [3.8, 4) is 5.75 Å². The van der Waals surface area contributed by atoms with Crippen molar-refractivity contribution < 1.29 is 4.74 Å².